The van der Waals surface area contributed by atoms with Gasteiger partial charge in [0.25, 0.3) is 0 Å². The van der Waals surface area contributed by atoms with Gasteiger partial charge in [-0.25, -0.2) is 0 Å². The Morgan fingerprint density at radius 1 is 1.16 bits per heavy atom. The van der Waals surface area contributed by atoms with Gasteiger partial charge in [0.05, 0.1) is 17.8 Å². The van der Waals surface area contributed by atoms with Crippen LogP contribution in [0, 0.1) is 0 Å². The number of carbonyl (C=O) groups is 2. The van der Waals surface area contributed by atoms with Crippen LogP contribution in [-0.4, -0.2) is 24.8 Å². The SMILES string of the molecule is CC(=O)CC(=O)Nc1ccccc1N1CCCCC1. The largest absolute Gasteiger partial charge is 0.370 e. The van der Waals surface area contributed by atoms with Crippen molar-refractivity contribution < 1.29 is 9.59 Å². The van der Waals surface area contributed by atoms with E-state index in [1.165, 1.54) is 26.2 Å². The minimum absolute atomic E-state index is 0.0612. The van der Waals surface area contributed by atoms with Crippen molar-refractivity contribution >= 4 is 23.1 Å². The van der Waals surface area contributed by atoms with Crippen molar-refractivity contribution in [1.82, 2.24) is 0 Å². The first-order valence-electron chi connectivity index (χ1n) is 6.80. The number of nitrogens with zero attached hydrogens (tertiary/aromatic N) is 1. The van der Waals surface area contributed by atoms with Crippen LogP contribution in [0.5, 0.6) is 0 Å². The molecule has 0 aliphatic carbocycles. The topological polar surface area (TPSA) is 49.4 Å². The number of hydrogen-bond acceptors (Lipinski definition) is 3. The molecule has 2 rings (SSSR count). The summed E-state index contributed by atoms with van der Waals surface area (Å²) in [6.07, 6.45) is 3.59. The Bertz CT molecular complexity index is 465. The van der Waals surface area contributed by atoms with Gasteiger partial charge in [0.15, 0.2) is 0 Å². The molecule has 0 spiro atoms. The van der Waals surface area contributed by atoms with E-state index < -0.39 is 0 Å². The Hall–Kier alpha value is -1.84. The second-order valence-corrected chi connectivity index (χ2v) is 4.99. The quantitative estimate of drug-likeness (QED) is 0.847. The van der Waals surface area contributed by atoms with Gasteiger partial charge in [-0.1, -0.05) is 12.1 Å². The van der Waals surface area contributed by atoms with Crippen LogP contribution in [0.4, 0.5) is 11.4 Å². The van der Waals surface area contributed by atoms with Crippen LogP contribution in [-0.2, 0) is 9.59 Å². The van der Waals surface area contributed by atoms with Crippen molar-refractivity contribution in [2.45, 2.75) is 32.6 Å². The number of anilines is 2. The first-order chi connectivity index (χ1) is 9.16. The van der Waals surface area contributed by atoms with Crippen molar-refractivity contribution in [3.63, 3.8) is 0 Å². The van der Waals surface area contributed by atoms with Crippen molar-refractivity contribution in [3.8, 4) is 0 Å². The van der Waals surface area contributed by atoms with E-state index in [9.17, 15) is 9.59 Å². The number of amides is 1. The van der Waals surface area contributed by atoms with E-state index in [0.29, 0.717) is 0 Å². The molecule has 0 radical (unpaired) electrons. The van der Waals surface area contributed by atoms with Gasteiger partial charge in [0.1, 0.15) is 5.78 Å². The molecule has 0 saturated carbocycles. The maximum absolute atomic E-state index is 11.7. The van der Waals surface area contributed by atoms with E-state index in [1.54, 1.807) is 0 Å². The molecule has 1 N–H and O–H groups in total. The van der Waals surface area contributed by atoms with Gasteiger partial charge in [-0.2, -0.15) is 0 Å². The van der Waals surface area contributed by atoms with Gasteiger partial charge in [-0.3, -0.25) is 9.59 Å². The third-order valence-corrected chi connectivity index (χ3v) is 3.28. The fourth-order valence-corrected chi connectivity index (χ4v) is 2.41. The molecule has 1 heterocycles. The fraction of sp³-hybridized carbons (Fsp3) is 0.467. The van der Waals surface area contributed by atoms with E-state index in [4.69, 9.17) is 0 Å². The summed E-state index contributed by atoms with van der Waals surface area (Å²) in [4.78, 5) is 25.0. The number of piperidine rings is 1. The molecule has 1 aliphatic rings. The van der Waals surface area contributed by atoms with Crippen molar-refractivity contribution in [3.05, 3.63) is 24.3 Å². The lowest BCUT2D eigenvalue weighted by molar-refractivity contribution is -0.124. The van der Waals surface area contributed by atoms with Gasteiger partial charge >= 0.3 is 0 Å². The van der Waals surface area contributed by atoms with Crippen LogP contribution in [0.3, 0.4) is 0 Å². The highest BCUT2D eigenvalue weighted by molar-refractivity contribution is 6.04. The molecule has 0 aromatic heterocycles. The summed E-state index contributed by atoms with van der Waals surface area (Å²) >= 11 is 0. The maximum atomic E-state index is 11.7. The highest BCUT2D eigenvalue weighted by atomic mass is 16.2. The average Bonchev–Trinajstić information content (AvgIpc) is 2.39. The van der Waals surface area contributed by atoms with Crippen LogP contribution in [0.15, 0.2) is 24.3 Å². The van der Waals surface area contributed by atoms with Gasteiger partial charge in [-0.05, 0) is 38.3 Å². The number of carbonyl (C=O) groups excluding carboxylic acids is 2. The number of benzene rings is 1. The smallest absolute Gasteiger partial charge is 0.231 e. The lowest BCUT2D eigenvalue weighted by Gasteiger charge is -2.30. The third kappa shape index (κ3) is 3.81. The molecule has 1 amide bonds. The summed E-state index contributed by atoms with van der Waals surface area (Å²) in [5, 5.41) is 2.84. The molecule has 0 atom stereocenters. The fourth-order valence-electron chi connectivity index (χ4n) is 2.41. The molecule has 1 aliphatic heterocycles. The van der Waals surface area contributed by atoms with E-state index in [-0.39, 0.29) is 18.1 Å². The van der Waals surface area contributed by atoms with E-state index in [0.717, 1.165) is 24.5 Å². The van der Waals surface area contributed by atoms with Crippen molar-refractivity contribution in [1.29, 1.82) is 0 Å². The third-order valence-electron chi connectivity index (χ3n) is 3.28. The molecule has 4 nitrogen and oxygen atoms in total. The number of Topliss-reactive ketones (excluding diaryl/α,β-unsaturated/α-hetero) is 1. The molecule has 102 valence electrons. The molecule has 1 fully saturated rings. The molecule has 0 bridgehead atoms. The zero-order chi connectivity index (χ0) is 13.7. The minimum Gasteiger partial charge on any atom is -0.370 e. The second kappa shape index (κ2) is 6.36. The summed E-state index contributed by atoms with van der Waals surface area (Å²) in [6.45, 7) is 3.48. The molecule has 1 aromatic rings. The Morgan fingerprint density at radius 2 is 1.84 bits per heavy atom. The molecule has 1 aromatic carbocycles. The summed E-state index contributed by atoms with van der Waals surface area (Å²) in [6, 6.07) is 7.79. The lowest BCUT2D eigenvalue weighted by Crippen LogP contribution is -2.30. The van der Waals surface area contributed by atoms with E-state index in [1.807, 2.05) is 24.3 Å². The Balaban J connectivity index is 2.11. The van der Waals surface area contributed by atoms with Crippen molar-refractivity contribution in [2.24, 2.45) is 0 Å². The van der Waals surface area contributed by atoms with Gasteiger partial charge in [0, 0.05) is 13.1 Å². The summed E-state index contributed by atoms with van der Waals surface area (Å²) in [7, 11) is 0. The zero-order valence-electron chi connectivity index (χ0n) is 11.3. The van der Waals surface area contributed by atoms with Crippen LogP contribution < -0.4 is 10.2 Å². The maximum Gasteiger partial charge on any atom is 0.231 e. The molecular formula is C15H20N2O2. The number of ketones is 1. The first kappa shape index (κ1) is 13.6. The number of rotatable bonds is 4. The monoisotopic (exact) mass is 260 g/mol. The second-order valence-electron chi connectivity index (χ2n) is 4.99. The Kier molecular flexibility index (Phi) is 4.55. The van der Waals surface area contributed by atoms with Gasteiger partial charge < -0.3 is 10.2 Å². The normalized spacial score (nSPS) is 15.1. The number of para-hydroxylation sites is 2. The summed E-state index contributed by atoms with van der Waals surface area (Å²) < 4.78 is 0. The van der Waals surface area contributed by atoms with Gasteiger partial charge in [-0.15, -0.1) is 0 Å². The van der Waals surface area contributed by atoms with Crippen LogP contribution in [0.2, 0.25) is 0 Å². The standard InChI is InChI=1S/C15H20N2O2/c1-12(18)11-15(19)16-13-7-3-4-8-14(13)17-9-5-2-6-10-17/h3-4,7-8H,2,5-6,9-11H2,1H3,(H,16,19). The zero-order valence-corrected chi connectivity index (χ0v) is 11.3. The molecular weight excluding hydrogens is 240 g/mol. The predicted molar refractivity (Wildman–Crippen MR) is 76.4 cm³/mol. The molecule has 19 heavy (non-hydrogen) atoms. The highest BCUT2D eigenvalue weighted by Gasteiger charge is 2.15. The van der Waals surface area contributed by atoms with Crippen LogP contribution in [0.1, 0.15) is 32.6 Å². The molecule has 4 heteroatoms. The lowest BCUT2D eigenvalue weighted by atomic mass is 10.1. The minimum atomic E-state index is -0.239. The Labute approximate surface area is 113 Å². The number of nitrogens with one attached hydrogen (secondary N) is 1. The van der Waals surface area contributed by atoms with Crippen LogP contribution in [0.25, 0.3) is 0 Å². The van der Waals surface area contributed by atoms with Gasteiger partial charge in [0.2, 0.25) is 5.91 Å². The van der Waals surface area contributed by atoms with E-state index >= 15 is 0 Å². The highest BCUT2D eigenvalue weighted by Crippen LogP contribution is 2.28. The predicted octanol–water partition coefficient (Wildman–Crippen LogP) is 2.59. The van der Waals surface area contributed by atoms with Crippen LogP contribution >= 0.6 is 0 Å². The van der Waals surface area contributed by atoms with Crippen molar-refractivity contribution in [2.75, 3.05) is 23.3 Å². The summed E-state index contributed by atoms with van der Waals surface area (Å²) in [5.41, 5.74) is 1.86. The number of hydrogen-bond donors (Lipinski definition) is 1. The summed E-state index contributed by atoms with van der Waals surface area (Å²) in [5.74, 6) is -0.357. The average molecular weight is 260 g/mol. The molecule has 1 saturated heterocycles. The molecule has 0 unspecified atom stereocenters. The Morgan fingerprint density at radius 3 is 2.53 bits per heavy atom. The first-order valence-corrected chi connectivity index (χ1v) is 6.80. The van der Waals surface area contributed by atoms with E-state index in [2.05, 4.69) is 10.2 Å².